The molecule has 1 aliphatic heterocycles. The average Bonchev–Trinajstić information content (AvgIpc) is 3.53. The first-order valence-electron chi connectivity index (χ1n) is 10.9. The van der Waals surface area contributed by atoms with E-state index < -0.39 is 21.1 Å². The van der Waals surface area contributed by atoms with Gasteiger partial charge >= 0.3 is 0 Å². The molecule has 0 spiro atoms. The first kappa shape index (κ1) is 23.6. The molecule has 1 unspecified atom stereocenters. The fourth-order valence-electron chi connectivity index (χ4n) is 4.56. The quantitative estimate of drug-likeness (QED) is 0.400. The van der Waals surface area contributed by atoms with Gasteiger partial charge in [0, 0.05) is 52.4 Å². The number of anilines is 1. The third-order valence-electron chi connectivity index (χ3n) is 6.36. The largest absolute Gasteiger partial charge is 0.354 e. The average molecular weight is 519 g/mol. The summed E-state index contributed by atoms with van der Waals surface area (Å²) in [6, 6.07) is 4.60. The van der Waals surface area contributed by atoms with Gasteiger partial charge in [-0.1, -0.05) is 17.7 Å². The molecule has 10 nitrogen and oxygen atoms in total. The Hall–Kier alpha value is -3.09. The van der Waals surface area contributed by atoms with Crippen LogP contribution in [0.1, 0.15) is 6.42 Å². The summed E-state index contributed by atoms with van der Waals surface area (Å²) < 4.78 is 44.3. The van der Waals surface area contributed by atoms with E-state index in [2.05, 4.69) is 15.1 Å². The number of aromatic nitrogens is 6. The minimum absolute atomic E-state index is 0.0349. The van der Waals surface area contributed by atoms with Crippen molar-refractivity contribution in [1.82, 2.24) is 33.8 Å². The van der Waals surface area contributed by atoms with Crippen LogP contribution in [0.5, 0.6) is 0 Å². The standard InChI is InChI=1S/C22H24ClFN8O2S/c1-29(2)35(33,34)14-7-8-32(11-14)22-18-19(28-31(4)21(18)25-12-26-22)15-10-27-30(3)20(15)13-5-6-16(23)17(24)9-13/h5-6,9-10,12,14H,7-8,11H2,1-4H3. The molecule has 1 aromatic carbocycles. The molecule has 0 amide bonds. The van der Waals surface area contributed by atoms with Crippen molar-refractivity contribution in [3.63, 3.8) is 0 Å². The van der Waals surface area contributed by atoms with Crippen LogP contribution < -0.4 is 4.90 Å². The molecular weight excluding hydrogens is 495 g/mol. The van der Waals surface area contributed by atoms with Crippen LogP contribution in [-0.2, 0) is 24.1 Å². The van der Waals surface area contributed by atoms with Crippen LogP contribution >= 0.6 is 11.6 Å². The molecule has 0 saturated carbocycles. The molecule has 1 aliphatic rings. The minimum Gasteiger partial charge on any atom is -0.354 e. The third kappa shape index (κ3) is 3.85. The molecule has 13 heteroatoms. The van der Waals surface area contributed by atoms with Gasteiger partial charge < -0.3 is 4.90 Å². The number of benzene rings is 1. The summed E-state index contributed by atoms with van der Waals surface area (Å²) >= 11 is 5.90. The van der Waals surface area contributed by atoms with E-state index in [4.69, 9.17) is 16.7 Å². The van der Waals surface area contributed by atoms with Crippen LogP contribution in [-0.4, -0.2) is 74.7 Å². The van der Waals surface area contributed by atoms with E-state index in [0.29, 0.717) is 58.9 Å². The highest BCUT2D eigenvalue weighted by molar-refractivity contribution is 7.89. The van der Waals surface area contributed by atoms with Crippen molar-refractivity contribution in [3.8, 4) is 22.5 Å². The Morgan fingerprint density at radius 3 is 2.66 bits per heavy atom. The highest BCUT2D eigenvalue weighted by Gasteiger charge is 2.36. The van der Waals surface area contributed by atoms with E-state index in [1.807, 2.05) is 4.90 Å². The van der Waals surface area contributed by atoms with Gasteiger partial charge in [0.15, 0.2) is 5.65 Å². The smallest absolute Gasteiger partial charge is 0.218 e. The molecule has 184 valence electrons. The van der Waals surface area contributed by atoms with Gasteiger partial charge in [0.2, 0.25) is 10.0 Å². The molecule has 3 aromatic heterocycles. The number of hydrogen-bond acceptors (Lipinski definition) is 7. The number of halogens is 2. The highest BCUT2D eigenvalue weighted by atomic mass is 35.5. The lowest BCUT2D eigenvalue weighted by Gasteiger charge is -2.20. The van der Waals surface area contributed by atoms with Crippen LogP contribution in [0.25, 0.3) is 33.5 Å². The van der Waals surface area contributed by atoms with Crippen LogP contribution in [0.3, 0.4) is 0 Å². The van der Waals surface area contributed by atoms with E-state index in [-0.39, 0.29) is 5.02 Å². The topological polar surface area (TPSA) is 102 Å². The van der Waals surface area contributed by atoms with Gasteiger partial charge in [0.05, 0.1) is 27.5 Å². The molecule has 5 rings (SSSR count). The molecule has 4 heterocycles. The van der Waals surface area contributed by atoms with Gasteiger partial charge in [-0.05, 0) is 18.6 Å². The van der Waals surface area contributed by atoms with Crippen molar-refractivity contribution in [2.24, 2.45) is 14.1 Å². The number of hydrogen-bond donors (Lipinski definition) is 0. The Morgan fingerprint density at radius 2 is 1.94 bits per heavy atom. The van der Waals surface area contributed by atoms with Crippen LogP contribution in [0, 0.1) is 5.82 Å². The van der Waals surface area contributed by atoms with Crippen LogP contribution in [0.4, 0.5) is 10.2 Å². The molecule has 1 fully saturated rings. The summed E-state index contributed by atoms with van der Waals surface area (Å²) in [7, 11) is 3.23. The summed E-state index contributed by atoms with van der Waals surface area (Å²) in [4.78, 5) is 10.9. The second-order valence-corrected chi connectivity index (χ2v) is 11.5. The lowest BCUT2D eigenvalue weighted by Crippen LogP contribution is -2.35. The SMILES string of the molecule is CN(C)S(=O)(=O)C1CCN(c2ncnc3c2c(-c2cnn(C)c2-c2ccc(Cl)c(F)c2)nn3C)C1. The summed E-state index contributed by atoms with van der Waals surface area (Å²) in [5.41, 5.74) is 3.10. The molecule has 1 atom stereocenters. The summed E-state index contributed by atoms with van der Waals surface area (Å²) in [5.74, 6) is 0.0723. The number of aryl methyl sites for hydroxylation is 2. The van der Waals surface area contributed by atoms with Gasteiger partial charge in [-0.3, -0.25) is 4.68 Å². The fraction of sp³-hybridized carbons (Fsp3) is 0.364. The first-order valence-corrected chi connectivity index (χ1v) is 12.8. The van der Waals surface area contributed by atoms with Gasteiger partial charge in [-0.2, -0.15) is 10.2 Å². The molecule has 4 aromatic rings. The zero-order chi connectivity index (χ0) is 25.1. The number of rotatable bonds is 5. The predicted octanol–water partition coefficient (Wildman–Crippen LogP) is 2.69. The van der Waals surface area contributed by atoms with Crippen molar-refractivity contribution in [2.45, 2.75) is 11.7 Å². The van der Waals surface area contributed by atoms with Crippen molar-refractivity contribution in [1.29, 1.82) is 0 Å². The first-order chi connectivity index (χ1) is 16.6. The van der Waals surface area contributed by atoms with Crippen molar-refractivity contribution >= 4 is 38.5 Å². The normalized spacial score (nSPS) is 16.7. The van der Waals surface area contributed by atoms with Crippen molar-refractivity contribution < 1.29 is 12.8 Å². The lowest BCUT2D eigenvalue weighted by atomic mass is 10.0. The Bertz CT molecular complexity index is 1550. The third-order valence-corrected chi connectivity index (χ3v) is 8.91. The number of nitrogens with zero attached hydrogens (tertiary/aromatic N) is 8. The van der Waals surface area contributed by atoms with E-state index >= 15 is 0 Å². The minimum atomic E-state index is -3.41. The monoisotopic (exact) mass is 518 g/mol. The van der Waals surface area contributed by atoms with Crippen LogP contribution in [0.15, 0.2) is 30.7 Å². The van der Waals surface area contributed by atoms with E-state index in [1.165, 1.54) is 22.8 Å². The summed E-state index contributed by atoms with van der Waals surface area (Å²) in [6.45, 7) is 0.837. The van der Waals surface area contributed by atoms with Crippen molar-refractivity contribution in [2.75, 3.05) is 32.1 Å². The van der Waals surface area contributed by atoms with Crippen molar-refractivity contribution in [3.05, 3.63) is 41.6 Å². The van der Waals surface area contributed by atoms with E-state index in [0.717, 1.165) is 0 Å². The van der Waals surface area contributed by atoms with Gasteiger partial charge in [0.25, 0.3) is 0 Å². The fourth-order valence-corrected chi connectivity index (χ4v) is 6.04. The number of sulfonamides is 1. The maximum atomic E-state index is 14.3. The Balaban J connectivity index is 1.65. The van der Waals surface area contributed by atoms with Gasteiger partial charge in [-0.15, -0.1) is 0 Å². The van der Waals surface area contributed by atoms with E-state index in [9.17, 15) is 12.8 Å². The maximum Gasteiger partial charge on any atom is 0.218 e. The molecule has 0 radical (unpaired) electrons. The molecule has 0 bridgehead atoms. The Labute approximate surface area is 207 Å². The molecule has 35 heavy (non-hydrogen) atoms. The maximum absolute atomic E-state index is 14.3. The predicted molar refractivity (Wildman–Crippen MR) is 132 cm³/mol. The number of fused-ring (bicyclic) bond motifs is 1. The Morgan fingerprint density at radius 1 is 1.17 bits per heavy atom. The molecular formula is C22H24ClFN8O2S. The van der Waals surface area contributed by atoms with Gasteiger partial charge in [-0.25, -0.2) is 31.8 Å². The summed E-state index contributed by atoms with van der Waals surface area (Å²) in [6.07, 6.45) is 3.61. The zero-order valence-electron chi connectivity index (χ0n) is 19.6. The Kier molecular flexibility index (Phi) is 5.77. The second-order valence-electron chi connectivity index (χ2n) is 8.71. The highest BCUT2D eigenvalue weighted by Crippen LogP contribution is 2.39. The zero-order valence-corrected chi connectivity index (χ0v) is 21.2. The summed E-state index contributed by atoms with van der Waals surface area (Å²) in [5, 5.41) is 9.30. The van der Waals surface area contributed by atoms with E-state index in [1.54, 1.807) is 49.8 Å². The second kappa shape index (κ2) is 8.54. The molecule has 0 N–H and O–H groups in total. The lowest BCUT2D eigenvalue weighted by molar-refractivity contribution is 0.508. The van der Waals surface area contributed by atoms with Gasteiger partial charge in [0.1, 0.15) is 23.7 Å². The molecule has 1 saturated heterocycles. The van der Waals surface area contributed by atoms with Crippen LogP contribution in [0.2, 0.25) is 5.02 Å². The molecule has 0 aliphatic carbocycles.